The van der Waals surface area contributed by atoms with Crippen LogP contribution in [0, 0.1) is 0 Å². The van der Waals surface area contributed by atoms with E-state index in [-0.39, 0.29) is 17.7 Å². The third kappa shape index (κ3) is 2.10. The Morgan fingerprint density at radius 2 is 2.24 bits per heavy atom. The Hall–Kier alpha value is -2.37. The van der Waals surface area contributed by atoms with Crippen LogP contribution in [0.25, 0.3) is 0 Å². The van der Waals surface area contributed by atoms with Crippen LogP contribution in [-0.4, -0.2) is 25.4 Å². The van der Waals surface area contributed by atoms with E-state index in [1.54, 1.807) is 25.4 Å². The maximum absolute atomic E-state index is 11.5. The van der Waals surface area contributed by atoms with Gasteiger partial charge in [-0.05, 0) is 6.07 Å². The maximum atomic E-state index is 11.5. The maximum Gasteiger partial charge on any atom is 0.339 e. The zero-order chi connectivity index (χ0) is 12.4. The predicted molar refractivity (Wildman–Crippen MR) is 60.0 cm³/mol. The van der Waals surface area contributed by atoms with E-state index in [4.69, 9.17) is 5.11 Å². The van der Waals surface area contributed by atoms with Gasteiger partial charge in [0.25, 0.3) is 5.56 Å². The van der Waals surface area contributed by atoms with E-state index in [0.29, 0.717) is 5.69 Å². The molecular formula is C11H11N3O3. The van der Waals surface area contributed by atoms with Crippen molar-refractivity contribution in [3.63, 3.8) is 0 Å². The molecule has 6 nitrogen and oxygen atoms in total. The van der Waals surface area contributed by atoms with Gasteiger partial charge >= 0.3 is 5.97 Å². The smallest absolute Gasteiger partial charge is 0.339 e. The first kappa shape index (κ1) is 11.1. The highest BCUT2D eigenvalue weighted by molar-refractivity contribution is 5.88. The molecule has 0 aliphatic rings. The van der Waals surface area contributed by atoms with E-state index in [9.17, 15) is 9.59 Å². The molecule has 0 aliphatic carbocycles. The average molecular weight is 233 g/mol. The van der Waals surface area contributed by atoms with Crippen LogP contribution < -0.4 is 5.56 Å². The molecule has 0 amide bonds. The number of carbonyl (C=O) groups is 1. The van der Waals surface area contributed by atoms with Crippen LogP contribution in [0.5, 0.6) is 0 Å². The minimum atomic E-state index is -1.04. The normalized spacial score (nSPS) is 10.4. The number of rotatable bonds is 3. The molecule has 0 spiro atoms. The van der Waals surface area contributed by atoms with Gasteiger partial charge in [-0.3, -0.25) is 9.48 Å². The van der Waals surface area contributed by atoms with Gasteiger partial charge in [0.2, 0.25) is 0 Å². The number of hydrogen-bond acceptors (Lipinski definition) is 3. The van der Waals surface area contributed by atoms with Crippen molar-refractivity contribution in [1.29, 1.82) is 0 Å². The minimum absolute atomic E-state index is 0.114. The van der Waals surface area contributed by atoms with Gasteiger partial charge < -0.3 is 9.67 Å². The molecule has 2 heterocycles. The molecule has 2 rings (SSSR count). The molecule has 1 N–H and O–H groups in total. The fourth-order valence-corrected chi connectivity index (χ4v) is 1.58. The molecule has 2 aromatic heterocycles. The van der Waals surface area contributed by atoms with Crippen molar-refractivity contribution >= 4 is 5.97 Å². The second-order valence-electron chi connectivity index (χ2n) is 3.60. The Bertz CT molecular complexity index is 612. The molecule has 6 heteroatoms. The van der Waals surface area contributed by atoms with Crippen molar-refractivity contribution in [2.24, 2.45) is 7.05 Å². The standard InChI is InChI=1S/C11H11N3O3/c1-13-9(8(6-12-13)11(16)17)7-14-5-3-2-4-10(14)15/h2-6H,7H2,1H3,(H,16,17). The van der Waals surface area contributed by atoms with Gasteiger partial charge in [-0.1, -0.05) is 6.07 Å². The van der Waals surface area contributed by atoms with Crippen LogP contribution in [0.1, 0.15) is 16.1 Å². The van der Waals surface area contributed by atoms with Crippen LogP contribution in [0.15, 0.2) is 35.4 Å². The summed E-state index contributed by atoms with van der Waals surface area (Å²) in [6.45, 7) is 0.192. The number of hydrogen-bond donors (Lipinski definition) is 1. The van der Waals surface area contributed by atoms with Crippen LogP contribution in [0.3, 0.4) is 0 Å². The quantitative estimate of drug-likeness (QED) is 0.828. The number of aryl methyl sites for hydroxylation is 1. The summed E-state index contributed by atoms with van der Waals surface area (Å²) in [6, 6.07) is 4.79. The number of pyridine rings is 1. The van der Waals surface area contributed by atoms with Crippen molar-refractivity contribution in [2.45, 2.75) is 6.54 Å². The summed E-state index contributed by atoms with van der Waals surface area (Å²) >= 11 is 0. The van der Waals surface area contributed by atoms with Crippen molar-refractivity contribution < 1.29 is 9.90 Å². The Labute approximate surface area is 96.7 Å². The second-order valence-corrected chi connectivity index (χ2v) is 3.60. The highest BCUT2D eigenvalue weighted by Gasteiger charge is 2.15. The van der Waals surface area contributed by atoms with Gasteiger partial charge in [-0.2, -0.15) is 5.10 Å². The van der Waals surface area contributed by atoms with Crippen LogP contribution in [-0.2, 0) is 13.6 Å². The molecule has 0 unspecified atom stereocenters. The molecule has 0 radical (unpaired) electrons. The van der Waals surface area contributed by atoms with E-state index in [2.05, 4.69) is 5.10 Å². The van der Waals surface area contributed by atoms with Crippen molar-refractivity contribution in [2.75, 3.05) is 0 Å². The Morgan fingerprint density at radius 1 is 1.47 bits per heavy atom. The number of aromatic carboxylic acids is 1. The molecule has 0 atom stereocenters. The van der Waals surface area contributed by atoms with Crippen molar-refractivity contribution in [3.05, 3.63) is 52.2 Å². The van der Waals surface area contributed by atoms with E-state index in [1.807, 2.05) is 0 Å². The third-order valence-corrected chi connectivity index (χ3v) is 2.51. The monoisotopic (exact) mass is 233 g/mol. The molecule has 0 aromatic carbocycles. The molecule has 17 heavy (non-hydrogen) atoms. The number of carboxylic acid groups (broad SMARTS) is 1. The predicted octanol–water partition coefficient (Wildman–Crippen LogP) is 0.328. The van der Waals surface area contributed by atoms with Crippen molar-refractivity contribution in [3.8, 4) is 0 Å². The molecule has 0 fully saturated rings. The van der Waals surface area contributed by atoms with Crippen LogP contribution in [0.2, 0.25) is 0 Å². The number of carboxylic acids is 1. The summed E-state index contributed by atoms with van der Waals surface area (Å²) in [5, 5.41) is 12.9. The van der Waals surface area contributed by atoms with Gasteiger partial charge in [0.1, 0.15) is 5.56 Å². The molecule has 0 aliphatic heterocycles. The SMILES string of the molecule is Cn1ncc(C(=O)O)c1Cn1ccccc1=O. The van der Waals surface area contributed by atoms with Crippen molar-refractivity contribution in [1.82, 2.24) is 14.3 Å². The lowest BCUT2D eigenvalue weighted by Crippen LogP contribution is -2.21. The van der Waals surface area contributed by atoms with Gasteiger partial charge in [-0.15, -0.1) is 0 Å². The third-order valence-electron chi connectivity index (χ3n) is 2.51. The number of nitrogens with zero attached hydrogens (tertiary/aromatic N) is 3. The molecule has 2 aromatic rings. The molecular weight excluding hydrogens is 222 g/mol. The highest BCUT2D eigenvalue weighted by atomic mass is 16.4. The lowest BCUT2D eigenvalue weighted by Gasteiger charge is -2.06. The van der Waals surface area contributed by atoms with E-state index in [0.717, 1.165) is 0 Å². The Kier molecular flexibility index (Phi) is 2.78. The Balaban J connectivity index is 2.43. The fourth-order valence-electron chi connectivity index (χ4n) is 1.58. The number of aromatic nitrogens is 3. The zero-order valence-corrected chi connectivity index (χ0v) is 9.20. The summed E-state index contributed by atoms with van der Waals surface area (Å²) in [5.41, 5.74) is 0.430. The lowest BCUT2D eigenvalue weighted by molar-refractivity contribution is 0.0695. The topological polar surface area (TPSA) is 77.1 Å². The molecule has 0 saturated carbocycles. The van der Waals surface area contributed by atoms with Crippen LogP contribution in [0.4, 0.5) is 0 Å². The first-order valence-corrected chi connectivity index (χ1v) is 4.99. The molecule has 0 bridgehead atoms. The zero-order valence-electron chi connectivity index (χ0n) is 9.20. The first-order chi connectivity index (χ1) is 8.09. The summed E-state index contributed by atoms with van der Waals surface area (Å²) in [4.78, 5) is 22.5. The van der Waals surface area contributed by atoms with Gasteiger partial charge in [0, 0.05) is 19.3 Å². The van der Waals surface area contributed by atoms with E-state index < -0.39 is 5.97 Å². The first-order valence-electron chi connectivity index (χ1n) is 4.99. The molecule has 88 valence electrons. The van der Waals surface area contributed by atoms with E-state index >= 15 is 0 Å². The molecule has 0 saturated heterocycles. The average Bonchev–Trinajstić information content (AvgIpc) is 2.64. The highest BCUT2D eigenvalue weighted by Crippen LogP contribution is 2.08. The van der Waals surface area contributed by atoms with Crippen LogP contribution >= 0.6 is 0 Å². The summed E-state index contributed by atoms with van der Waals surface area (Å²) in [5.74, 6) is -1.04. The fraction of sp³-hybridized carbons (Fsp3) is 0.182. The van der Waals surface area contributed by atoms with Gasteiger partial charge in [0.05, 0.1) is 18.4 Å². The summed E-state index contributed by atoms with van der Waals surface area (Å²) in [6.07, 6.45) is 2.90. The summed E-state index contributed by atoms with van der Waals surface area (Å²) < 4.78 is 2.90. The minimum Gasteiger partial charge on any atom is -0.478 e. The largest absolute Gasteiger partial charge is 0.478 e. The lowest BCUT2D eigenvalue weighted by atomic mass is 10.2. The summed E-state index contributed by atoms with van der Waals surface area (Å²) in [7, 11) is 1.65. The second kappa shape index (κ2) is 4.25. The Morgan fingerprint density at radius 3 is 2.88 bits per heavy atom. The van der Waals surface area contributed by atoms with Gasteiger partial charge in [-0.25, -0.2) is 4.79 Å². The van der Waals surface area contributed by atoms with E-state index in [1.165, 1.54) is 21.5 Å². The van der Waals surface area contributed by atoms with Gasteiger partial charge in [0.15, 0.2) is 0 Å².